The van der Waals surface area contributed by atoms with Gasteiger partial charge in [0.25, 0.3) is 0 Å². The molecule has 19 heavy (non-hydrogen) atoms. The molecule has 0 bridgehead atoms. The Bertz CT molecular complexity index is 590. The summed E-state index contributed by atoms with van der Waals surface area (Å²) in [6, 6.07) is 11.4. The molecule has 0 amide bonds. The third-order valence-corrected chi connectivity index (χ3v) is 3.58. The summed E-state index contributed by atoms with van der Waals surface area (Å²) < 4.78 is 13.6. The van der Waals surface area contributed by atoms with Crippen LogP contribution in [-0.4, -0.2) is 5.78 Å². The number of halogens is 2. The number of aryl methyl sites for hydroxylation is 1. The maximum absolute atomic E-state index is 12.8. The average molecular weight is 321 g/mol. The number of hydrogen-bond donors (Lipinski definition) is 0. The molecule has 3 heteroatoms. The highest BCUT2D eigenvalue weighted by Gasteiger charge is 2.12. The second kappa shape index (κ2) is 6.11. The zero-order chi connectivity index (χ0) is 13.8. The van der Waals surface area contributed by atoms with E-state index in [1.807, 2.05) is 18.2 Å². The van der Waals surface area contributed by atoms with Gasteiger partial charge in [-0.1, -0.05) is 35.3 Å². The van der Waals surface area contributed by atoms with E-state index >= 15 is 0 Å². The largest absolute Gasteiger partial charge is 0.289 e. The lowest BCUT2D eigenvalue weighted by molar-refractivity contribution is 0.103. The van der Waals surface area contributed by atoms with E-state index in [-0.39, 0.29) is 11.6 Å². The van der Waals surface area contributed by atoms with Crippen LogP contribution in [0.25, 0.3) is 0 Å². The number of hydrogen-bond acceptors (Lipinski definition) is 1. The van der Waals surface area contributed by atoms with Gasteiger partial charge in [0.15, 0.2) is 5.78 Å². The number of carbonyl (C=O) groups is 1. The second-order valence-electron chi connectivity index (χ2n) is 4.40. The van der Waals surface area contributed by atoms with Gasteiger partial charge in [-0.05, 0) is 48.4 Å². The van der Waals surface area contributed by atoms with Crippen molar-refractivity contribution in [3.8, 4) is 0 Å². The van der Waals surface area contributed by atoms with E-state index < -0.39 is 0 Å². The lowest BCUT2D eigenvalue weighted by atomic mass is 10.0. The lowest BCUT2D eigenvalue weighted by Crippen LogP contribution is -2.03. The van der Waals surface area contributed by atoms with Crippen molar-refractivity contribution in [1.29, 1.82) is 0 Å². The van der Waals surface area contributed by atoms with Crippen LogP contribution in [0.15, 0.2) is 46.9 Å². The Hall–Kier alpha value is -1.48. The van der Waals surface area contributed by atoms with Crippen LogP contribution < -0.4 is 0 Å². The quantitative estimate of drug-likeness (QED) is 0.741. The fraction of sp³-hybridized carbons (Fsp3) is 0.188. The van der Waals surface area contributed by atoms with Crippen molar-refractivity contribution in [2.24, 2.45) is 0 Å². The van der Waals surface area contributed by atoms with E-state index in [2.05, 4.69) is 22.9 Å². The summed E-state index contributed by atoms with van der Waals surface area (Å²) in [5, 5.41) is 0. The Labute approximate surface area is 120 Å². The summed E-state index contributed by atoms with van der Waals surface area (Å²) in [7, 11) is 0. The van der Waals surface area contributed by atoms with Gasteiger partial charge in [-0.2, -0.15) is 0 Å². The van der Waals surface area contributed by atoms with E-state index in [0.717, 1.165) is 17.3 Å². The van der Waals surface area contributed by atoms with Crippen molar-refractivity contribution in [3.63, 3.8) is 0 Å². The molecule has 0 N–H and O–H groups in total. The van der Waals surface area contributed by atoms with Crippen LogP contribution in [0.1, 0.15) is 34.8 Å². The van der Waals surface area contributed by atoms with Crippen molar-refractivity contribution in [2.45, 2.75) is 19.8 Å². The van der Waals surface area contributed by atoms with Crippen LogP contribution in [-0.2, 0) is 6.42 Å². The van der Waals surface area contributed by atoms with E-state index in [9.17, 15) is 9.18 Å². The number of ketones is 1. The van der Waals surface area contributed by atoms with Gasteiger partial charge in [0.2, 0.25) is 0 Å². The monoisotopic (exact) mass is 320 g/mol. The van der Waals surface area contributed by atoms with E-state index in [1.54, 1.807) is 0 Å². The van der Waals surface area contributed by atoms with Crippen LogP contribution in [0.5, 0.6) is 0 Å². The van der Waals surface area contributed by atoms with Gasteiger partial charge in [-0.3, -0.25) is 4.79 Å². The molecule has 98 valence electrons. The SMILES string of the molecule is CCCc1ccc(C(=O)c2ccc(F)cc2)c(Br)c1. The minimum absolute atomic E-state index is 0.102. The van der Waals surface area contributed by atoms with Crippen molar-refractivity contribution in [1.82, 2.24) is 0 Å². The highest BCUT2D eigenvalue weighted by Crippen LogP contribution is 2.22. The van der Waals surface area contributed by atoms with E-state index in [0.29, 0.717) is 11.1 Å². The molecule has 1 nitrogen and oxygen atoms in total. The fourth-order valence-corrected chi connectivity index (χ4v) is 2.55. The molecular formula is C16H14BrFO. The van der Waals surface area contributed by atoms with E-state index in [1.165, 1.54) is 29.8 Å². The van der Waals surface area contributed by atoms with Gasteiger partial charge >= 0.3 is 0 Å². The minimum Gasteiger partial charge on any atom is -0.289 e. The Balaban J connectivity index is 2.31. The topological polar surface area (TPSA) is 17.1 Å². The van der Waals surface area contributed by atoms with Gasteiger partial charge in [0.1, 0.15) is 5.82 Å². The summed E-state index contributed by atoms with van der Waals surface area (Å²) in [6.07, 6.45) is 2.06. The molecule has 0 heterocycles. The smallest absolute Gasteiger partial charge is 0.194 e. The third kappa shape index (κ3) is 3.29. The van der Waals surface area contributed by atoms with Crippen molar-refractivity contribution in [3.05, 3.63) is 69.4 Å². The Morgan fingerprint density at radius 1 is 1.16 bits per heavy atom. The predicted octanol–water partition coefficient (Wildman–Crippen LogP) is 4.77. The number of carbonyl (C=O) groups excluding carboxylic acids is 1. The second-order valence-corrected chi connectivity index (χ2v) is 5.25. The normalized spacial score (nSPS) is 10.5. The van der Waals surface area contributed by atoms with Crippen LogP contribution in [0.4, 0.5) is 4.39 Å². The maximum Gasteiger partial charge on any atom is 0.194 e. The molecule has 0 aliphatic heterocycles. The van der Waals surface area contributed by atoms with Gasteiger partial charge < -0.3 is 0 Å². The van der Waals surface area contributed by atoms with Crippen LogP contribution in [0.2, 0.25) is 0 Å². The van der Waals surface area contributed by atoms with Crippen LogP contribution in [0.3, 0.4) is 0 Å². The number of benzene rings is 2. The molecule has 0 unspecified atom stereocenters. The maximum atomic E-state index is 12.8. The molecule has 0 atom stereocenters. The van der Waals surface area contributed by atoms with Crippen molar-refractivity contribution in [2.75, 3.05) is 0 Å². The molecule has 0 saturated carbocycles. The molecule has 0 radical (unpaired) electrons. The van der Waals surface area contributed by atoms with Crippen molar-refractivity contribution >= 4 is 21.7 Å². The minimum atomic E-state index is -0.339. The number of rotatable bonds is 4. The zero-order valence-corrected chi connectivity index (χ0v) is 12.2. The summed E-state index contributed by atoms with van der Waals surface area (Å²) in [6.45, 7) is 2.12. The summed E-state index contributed by atoms with van der Waals surface area (Å²) in [5.74, 6) is -0.441. The first-order chi connectivity index (χ1) is 9.11. The highest BCUT2D eigenvalue weighted by molar-refractivity contribution is 9.10. The highest BCUT2D eigenvalue weighted by atomic mass is 79.9. The standard InChI is InChI=1S/C16H14BrFO/c1-2-3-11-4-9-14(15(17)10-11)16(19)12-5-7-13(18)8-6-12/h4-10H,2-3H2,1H3. The Morgan fingerprint density at radius 3 is 2.42 bits per heavy atom. The summed E-state index contributed by atoms with van der Waals surface area (Å²) in [4.78, 5) is 12.3. The first-order valence-corrected chi connectivity index (χ1v) is 7.00. The molecule has 0 aliphatic carbocycles. The Morgan fingerprint density at radius 2 is 1.84 bits per heavy atom. The van der Waals surface area contributed by atoms with Crippen LogP contribution >= 0.6 is 15.9 Å². The van der Waals surface area contributed by atoms with Gasteiger partial charge in [-0.15, -0.1) is 0 Å². The molecule has 2 rings (SSSR count). The van der Waals surface area contributed by atoms with Gasteiger partial charge in [-0.25, -0.2) is 4.39 Å². The predicted molar refractivity (Wildman–Crippen MR) is 78.0 cm³/mol. The van der Waals surface area contributed by atoms with Crippen molar-refractivity contribution < 1.29 is 9.18 Å². The lowest BCUT2D eigenvalue weighted by Gasteiger charge is -2.06. The molecular weight excluding hydrogens is 307 g/mol. The van der Waals surface area contributed by atoms with Gasteiger partial charge in [0.05, 0.1) is 0 Å². The molecule has 2 aromatic rings. The molecule has 0 saturated heterocycles. The summed E-state index contributed by atoms with van der Waals surface area (Å²) >= 11 is 3.43. The Kier molecular flexibility index (Phi) is 4.48. The molecule has 0 fully saturated rings. The van der Waals surface area contributed by atoms with E-state index in [4.69, 9.17) is 0 Å². The van der Waals surface area contributed by atoms with Crippen LogP contribution in [0, 0.1) is 5.82 Å². The molecule has 2 aromatic carbocycles. The average Bonchev–Trinajstić information content (AvgIpc) is 2.39. The van der Waals surface area contributed by atoms with Gasteiger partial charge in [0, 0.05) is 15.6 Å². The fourth-order valence-electron chi connectivity index (χ4n) is 1.94. The third-order valence-electron chi connectivity index (χ3n) is 2.92. The first-order valence-electron chi connectivity index (χ1n) is 6.20. The molecule has 0 spiro atoms. The zero-order valence-electron chi connectivity index (χ0n) is 10.6. The molecule has 0 aromatic heterocycles. The first kappa shape index (κ1) is 13.9. The summed E-state index contributed by atoms with van der Waals surface area (Å²) in [5.41, 5.74) is 2.29. The molecule has 0 aliphatic rings.